The smallest absolute Gasteiger partial charge is 0.167 e. The van der Waals surface area contributed by atoms with Crippen molar-refractivity contribution in [2.75, 3.05) is 7.11 Å². The zero-order chi connectivity index (χ0) is 14.7. The summed E-state index contributed by atoms with van der Waals surface area (Å²) in [4.78, 5) is 12.2. The summed E-state index contributed by atoms with van der Waals surface area (Å²) in [5.74, 6) is -0.174. The molecule has 0 aromatic heterocycles. The summed E-state index contributed by atoms with van der Waals surface area (Å²) in [6, 6.07) is 9.45. The van der Waals surface area contributed by atoms with Crippen LogP contribution in [-0.4, -0.2) is 12.9 Å². The van der Waals surface area contributed by atoms with Crippen LogP contribution in [0.4, 0.5) is 4.39 Å². The lowest BCUT2D eigenvalue weighted by Crippen LogP contribution is -2.05. The summed E-state index contributed by atoms with van der Waals surface area (Å²) in [6.07, 6.45) is 0.129. The minimum atomic E-state index is -0.598. The first kappa shape index (κ1) is 15.0. The van der Waals surface area contributed by atoms with Gasteiger partial charge in [-0.15, -0.1) is 0 Å². The lowest BCUT2D eigenvalue weighted by Gasteiger charge is -2.08. The molecular formula is C15H11BrClFO2. The molecule has 0 aliphatic rings. The monoisotopic (exact) mass is 356 g/mol. The van der Waals surface area contributed by atoms with Crippen LogP contribution in [0.15, 0.2) is 40.9 Å². The molecule has 104 valence electrons. The number of methoxy groups -OCH3 is 1. The minimum Gasteiger partial charge on any atom is -0.496 e. The number of hydrogen-bond donors (Lipinski definition) is 0. The zero-order valence-corrected chi connectivity index (χ0v) is 13.0. The van der Waals surface area contributed by atoms with Crippen molar-refractivity contribution in [3.8, 4) is 5.75 Å². The molecule has 0 aliphatic carbocycles. The molecule has 0 saturated heterocycles. The fourth-order valence-corrected chi connectivity index (χ4v) is 2.36. The normalized spacial score (nSPS) is 10.4. The molecule has 0 unspecified atom stereocenters. The predicted molar refractivity (Wildman–Crippen MR) is 80.1 cm³/mol. The van der Waals surface area contributed by atoms with Gasteiger partial charge in [0.25, 0.3) is 0 Å². The number of Topliss-reactive ketones (excluding diaryl/α,β-unsaturated/α-hetero) is 1. The van der Waals surface area contributed by atoms with Crippen LogP contribution < -0.4 is 4.74 Å². The Morgan fingerprint density at radius 3 is 2.70 bits per heavy atom. The number of ether oxygens (including phenoxy) is 1. The van der Waals surface area contributed by atoms with Crippen molar-refractivity contribution in [2.45, 2.75) is 6.42 Å². The largest absolute Gasteiger partial charge is 0.496 e. The van der Waals surface area contributed by atoms with Gasteiger partial charge in [-0.1, -0.05) is 27.5 Å². The zero-order valence-electron chi connectivity index (χ0n) is 10.6. The highest BCUT2D eigenvalue weighted by atomic mass is 79.9. The number of rotatable bonds is 4. The molecule has 0 atom stereocenters. The van der Waals surface area contributed by atoms with Crippen molar-refractivity contribution >= 4 is 33.3 Å². The van der Waals surface area contributed by atoms with Crippen molar-refractivity contribution in [1.29, 1.82) is 0 Å². The lowest BCUT2D eigenvalue weighted by molar-refractivity contribution is 0.0991. The maximum absolute atomic E-state index is 13.4. The predicted octanol–water partition coefficient (Wildman–Crippen LogP) is 4.68. The molecule has 0 spiro atoms. The van der Waals surface area contributed by atoms with Crippen LogP contribution in [0.25, 0.3) is 0 Å². The Bertz CT molecular complexity index is 658. The first-order valence-corrected chi connectivity index (χ1v) is 6.99. The molecule has 2 aromatic rings. The standard InChI is InChI=1S/C15H11BrClFO2/c1-20-15-5-3-11(16)6-10(15)8-14(19)9-2-4-12(17)13(18)7-9/h2-7H,8H2,1H3. The Balaban J connectivity index is 2.27. The maximum atomic E-state index is 13.4. The highest BCUT2D eigenvalue weighted by Gasteiger charge is 2.13. The van der Waals surface area contributed by atoms with E-state index >= 15 is 0 Å². The van der Waals surface area contributed by atoms with E-state index in [0.29, 0.717) is 5.75 Å². The van der Waals surface area contributed by atoms with Crippen LogP contribution in [0.3, 0.4) is 0 Å². The van der Waals surface area contributed by atoms with Crippen LogP contribution in [0, 0.1) is 5.82 Å². The van der Waals surface area contributed by atoms with Crippen molar-refractivity contribution in [1.82, 2.24) is 0 Å². The molecule has 0 aliphatic heterocycles. The van der Waals surface area contributed by atoms with Crippen LogP contribution in [0.1, 0.15) is 15.9 Å². The Morgan fingerprint density at radius 1 is 1.30 bits per heavy atom. The third kappa shape index (κ3) is 3.38. The van der Waals surface area contributed by atoms with Gasteiger partial charge in [0.2, 0.25) is 0 Å². The molecule has 0 N–H and O–H groups in total. The summed E-state index contributed by atoms with van der Waals surface area (Å²) < 4.78 is 19.4. The first-order valence-electron chi connectivity index (χ1n) is 5.82. The number of halogens is 3. The molecule has 0 amide bonds. The van der Waals surface area contributed by atoms with Gasteiger partial charge in [0.1, 0.15) is 11.6 Å². The Labute approximate surface area is 129 Å². The molecule has 0 saturated carbocycles. The van der Waals surface area contributed by atoms with E-state index in [2.05, 4.69) is 15.9 Å². The van der Waals surface area contributed by atoms with E-state index in [9.17, 15) is 9.18 Å². The lowest BCUT2D eigenvalue weighted by atomic mass is 10.0. The van der Waals surface area contributed by atoms with Crippen LogP contribution in [0.2, 0.25) is 5.02 Å². The van der Waals surface area contributed by atoms with Crippen molar-refractivity contribution in [3.05, 3.63) is 62.8 Å². The summed E-state index contributed by atoms with van der Waals surface area (Å²) in [5.41, 5.74) is 1.02. The second-order valence-corrected chi connectivity index (χ2v) is 5.51. The molecule has 0 heterocycles. The van der Waals surface area contributed by atoms with E-state index in [0.717, 1.165) is 16.1 Å². The maximum Gasteiger partial charge on any atom is 0.167 e. The third-order valence-corrected chi connectivity index (χ3v) is 3.63. The van der Waals surface area contributed by atoms with Crippen molar-refractivity contribution in [3.63, 3.8) is 0 Å². The van der Waals surface area contributed by atoms with E-state index < -0.39 is 5.82 Å². The van der Waals surface area contributed by atoms with Gasteiger partial charge < -0.3 is 4.74 Å². The average molecular weight is 358 g/mol. The van der Waals surface area contributed by atoms with Gasteiger partial charge in [0, 0.05) is 22.0 Å². The second kappa shape index (κ2) is 6.37. The number of carbonyl (C=O) groups is 1. The van der Waals surface area contributed by atoms with Gasteiger partial charge in [-0.25, -0.2) is 4.39 Å². The van der Waals surface area contributed by atoms with Crippen molar-refractivity contribution < 1.29 is 13.9 Å². The van der Waals surface area contributed by atoms with Gasteiger partial charge in [-0.2, -0.15) is 0 Å². The van der Waals surface area contributed by atoms with Crippen LogP contribution in [0.5, 0.6) is 5.75 Å². The highest BCUT2D eigenvalue weighted by Crippen LogP contribution is 2.25. The Morgan fingerprint density at radius 2 is 2.05 bits per heavy atom. The van der Waals surface area contributed by atoms with Gasteiger partial charge in [0.05, 0.1) is 12.1 Å². The van der Waals surface area contributed by atoms with E-state index in [4.69, 9.17) is 16.3 Å². The van der Waals surface area contributed by atoms with E-state index in [1.807, 2.05) is 12.1 Å². The minimum absolute atomic E-state index is 0.00147. The molecule has 0 fully saturated rings. The van der Waals surface area contributed by atoms with Gasteiger partial charge >= 0.3 is 0 Å². The van der Waals surface area contributed by atoms with Crippen LogP contribution in [-0.2, 0) is 6.42 Å². The second-order valence-electron chi connectivity index (χ2n) is 4.19. The number of hydrogen-bond acceptors (Lipinski definition) is 2. The highest BCUT2D eigenvalue weighted by molar-refractivity contribution is 9.10. The Hall–Kier alpha value is -1.39. The summed E-state index contributed by atoms with van der Waals surface area (Å²) >= 11 is 8.95. The number of carbonyl (C=O) groups excluding carboxylic acids is 1. The summed E-state index contributed by atoms with van der Waals surface area (Å²) in [6.45, 7) is 0. The summed E-state index contributed by atoms with van der Waals surface area (Å²) in [5, 5.41) is 0.00147. The molecule has 2 aromatic carbocycles. The van der Waals surface area contributed by atoms with E-state index in [1.54, 1.807) is 13.2 Å². The Kier molecular flexibility index (Phi) is 4.78. The molecule has 2 rings (SSSR count). The topological polar surface area (TPSA) is 26.3 Å². The SMILES string of the molecule is COc1ccc(Br)cc1CC(=O)c1ccc(Cl)c(F)c1. The van der Waals surface area contributed by atoms with E-state index in [1.165, 1.54) is 12.1 Å². The van der Waals surface area contributed by atoms with Crippen LogP contribution >= 0.6 is 27.5 Å². The van der Waals surface area contributed by atoms with Gasteiger partial charge in [-0.05, 0) is 36.4 Å². The first-order chi connectivity index (χ1) is 9.51. The number of benzene rings is 2. The van der Waals surface area contributed by atoms with Gasteiger partial charge in [-0.3, -0.25) is 4.79 Å². The summed E-state index contributed by atoms with van der Waals surface area (Å²) in [7, 11) is 1.54. The average Bonchev–Trinajstić information content (AvgIpc) is 2.42. The molecule has 20 heavy (non-hydrogen) atoms. The van der Waals surface area contributed by atoms with E-state index in [-0.39, 0.29) is 22.8 Å². The van der Waals surface area contributed by atoms with Gasteiger partial charge in [0.15, 0.2) is 5.78 Å². The fourth-order valence-electron chi connectivity index (χ4n) is 1.83. The number of ketones is 1. The molecule has 0 radical (unpaired) electrons. The van der Waals surface area contributed by atoms with Crippen molar-refractivity contribution in [2.24, 2.45) is 0 Å². The molecule has 2 nitrogen and oxygen atoms in total. The molecule has 0 bridgehead atoms. The quantitative estimate of drug-likeness (QED) is 0.743. The molecule has 5 heteroatoms. The fraction of sp³-hybridized carbons (Fsp3) is 0.133. The molecular weight excluding hydrogens is 347 g/mol. The third-order valence-electron chi connectivity index (χ3n) is 2.84.